The Morgan fingerprint density at radius 3 is 2.62 bits per heavy atom. The van der Waals surface area contributed by atoms with Gasteiger partial charge in [-0.25, -0.2) is 4.39 Å². The number of benzene rings is 1. The zero-order valence-corrected chi connectivity index (χ0v) is 12.7. The van der Waals surface area contributed by atoms with Crippen LogP contribution in [0.4, 0.5) is 4.39 Å². The molecule has 1 heterocycles. The molecule has 5 nitrogen and oxygen atoms in total. The fourth-order valence-corrected chi connectivity index (χ4v) is 3.47. The van der Waals surface area contributed by atoms with Crippen LogP contribution in [0.1, 0.15) is 24.2 Å². The molecule has 0 aliphatic carbocycles. The van der Waals surface area contributed by atoms with E-state index in [1.54, 1.807) is 13.8 Å². The molecule has 0 bridgehead atoms. The lowest BCUT2D eigenvalue weighted by Crippen LogP contribution is -2.19. The van der Waals surface area contributed by atoms with E-state index in [1.807, 2.05) is 0 Å². The first-order chi connectivity index (χ1) is 9.99. The second kappa shape index (κ2) is 6.52. The SMILES string of the molecule is CCOP(=O)(/C=C1\COc2ccc(F)cc2C1=O)OCC. The summed E-state index contributed by atoms with van der Waals surface area (Å²) in [6, 6.07) is 3.70. The summed E-state index contributed by atoms with van der Waals surface area (Å²) in [5.74, 6) is 0.497. The standard InChI is InChI=1S/C14H16FO5P/c1-3-19-21(17,20-4-2)9-10-8-18-13-6-5-11(15)7-12(13)14(10)16/h5-7,9H,3-4,8H2,1-2H3/b10-9+. The maximum absolute atomic E-state index is 13.2. The van der Waals surface area contributed by atoms with Crippen molar-refractivity contribution >= 4 is 13.4 Å². The first-order valence-corrected chi connectivity index (χ1v) is 8.18. The summed E-state index contributed by atoms with van der Waals surface area (Å²) in [7, 11) is -3.51. The van der Waals surface area contributed by atoms with E-state index >= 15 is 0 Å². The van der Waals surface area contributed by atoms with Gasteiger partial charge in [-0.3, -0.25) is 9.36 Å². The molecule has 0 saturated carbocycles. The van der Waals surface area contributed by atoms with Crippen molar-refractivity contribution in [3.8, 4) is 5.75 Å². The minimum Gasteiger partial charge on any atom is -0.488 e. The highest BCUT2D eigenvalue weighted by molar-refractivity contribution is 7.57. The lowest BCUT2D eigenvalue weighted by Gasteiger charge is -2.20. The number of halogens is 1. The third-order valence-electron chi connectivity index (χ3n) is 2.79. The van der Waals surface area contributed by atoms with E-state index in [0.717, 1.165) is 11.9 Å². The number of carbonyl (C=O) groups is 1. The lowest BCUT2D eigenvalue weighted by molar-refractivity contribution is 0.0997. The molecule has 1 aromatic carbocycles. The quantitative estimate of drug-likeness (QED) is 0.614. The minimum absolute atomic E-state index is 0.0540. The predicted molar refractivity (Wildman–Crippen MR) is 75.2 cm³/mol. The van der Waals surface area contributed by atoms with Crippen LogP contribution in [0.25, 0.3) is 0 Å². The van der Waals surface area contributed by atoms with E-state index in [1.165, 1.54) is 12.1 Å². The molecule has 1 aromatic rings. The van der Waals surface area contributed by atoms with Gasteiger partial charge in [-0.05, 0) is 32.0 Å². The molecule has 0 saturated heterocycles. The third kappa shape index (κ3) is 3.59. The van der Waals surface area contributed by atoms with Gasteiger partial charge in [0.1, 0.15) is 18.2 Å². The first kappa shape index (κ1) is 15.9. The van der Waals surface area contributed by atoms with Crippen LogP contribution in [0.2, 0.25) is 0 Å². The molecule has 0 unspecified atom stereocenters. The number of fused-ring (bicyclic) bond motifs is 1. The molecule has 1 aliphatic heterocycles. The largest absolute Gasteiger partial charge is 0.488 e. The average molecular weight is 314 g/mol. The Balaban J connectivity index is 2.36. The highest BCUT2D eigenvalue weighted by Gasteiger charge is 2.29. The van der Waals surface area contributed by atoms with Gasteiger partial charge < -0.3 is 13.8 Å². The van der Waals surface area contributed by atoms with Crippen LogP contribution in [0, 0.1) is 5.82 Å². The summed E-state index contributed by atoms with van der Waals surface area (Å²) >= 11 is 0. The van der Waals surface area contributed by atoms with E-state index in [0.29, 0.717) is 5.75 Å². The molecule has 7 heteroatoms. The van der Waals surface area contributed by atoms with Crippen LogP contribution >= 0.6 is 7.60 Å². The molecule has 2 rings (SSSR count). The molecule has 0 aromatic heterocycles. The first-order valence-electron chi connectivity index (χ1n) is 6.56. The van der Waals surface area contributed by atoms with Gasteiger partial charge in [0, 0.05) is 11.4 Å². The van der Waals surface area contributed by atoms with Crippen molar-refractivity contribution in [1.82, 2.24) is 0 Å². The second-order valence-corrected chi connectivity index (χ2v) is 6.14. The topological polar surface area (TPSA) is 61.8 Å². The van der Waals surface area contributed by atoms with E-state index < -0.39 is 19.2 Å². The lowest BCUT2D eigenvalue weighted by atomic mass is 10.0. The van der Waals surface area contributed by atoms with E-state index in [9.17, 15) is 13.8 Å². The van der Waals surface area contributed by atoms with Gasteiger partial charge in [-0.1, -0.05) is 0 Å². The van der Waals surface area contributed by atoms with Crippen molar-refractivity contribution in [1.29, 1.82) is 0 Å². The molecule has 21 heavy (non-hydrogen) atoms. The van der Waals surface area contributed by atoms with Gasteiger partial charge in [0.15, 0.2) is 5.78 Å². The Morgan fingerprint density at radius 1 is 1.33 bits per heavy atom. The fourth-order valence-electron chi connectivity index (χ4n) is 1.96. The third-order valence-corrected chi connectivity index (χ3v) is 4.66. The van der Waals surface area contributed by atoms with Crippen molar-refractivity contribution in [2.75, 3.05) is 19.8 Å². The summed E-state index contributed by atoms with van der Waals surface area (Å²) in [5.41, 5.74) is 0.241. The molecular weight excluding hydrogens is 298 g/mol. The molecule has 0 N–H and O–H groups in total. The molecule has 0 atom stereocenters. The Labute approximate surface area is 122 Å². The highest BCUT2D eigenvalue weighted by atomic mass is 31.2. The Morgan fingerprint density at radius 2 is 2.00 bits per heavy atom. The molecule has 114 valence electrons. The zero-order valence-electron chi connectivity index (χ0n) is 11.8. The average Bonchev–Trinajstić information content (AvgIpc) is 2.43. The van der Waals surface area contributed by atoms with Gasteiger partial charge in [-0.2, -0.15) is 0 Å². The number of Topliss-reactive ketones (excluding diaryl/α,β-unsaturated/α-hetero) is 1. The van der Waals surface area contributed by atoms with E-state index in [4.69, 9.17) is 13.8 Å². The molecule has 0 fully saturated rings. The van der Waals surface area contributed by atoms with Gasteiger partial charge in [0.25, 0.3) is 0 Å². The van der Waals surface area contributed by atoms with Crippen molar-refractivity contribution in [3.05, 3.63) is 41.0 Å². The molecule has 1 aliphatic rings. The van der Waals surface area contributed by atoms with Gasteiger partial charge in [-0.15, -0.1) is 0 Å². The summed E-state index contributed by atoms with van der Waals surface area (Å²) in [6.45, 7) is 3.66. The van der Waals surface area contributed by atoms with Crippen LogP contribution in [0.3, 0.4) is 0 Å². The van der Waals surface area contributed by atoms with Crippen LogP contribution in [-0.2, 0) is 13.6 Å². The maximum Gasteiger partial charge on any atom is 0.354 e. The number of rotatable bonds is 5. The van der Waals surface area contributed by atoms with Crippen molar-refractivity contribution in [2.24, 2.45) is 0 Å². The number of hydrogen-bond donors (Lipinski definition) is 0. The number of hydrogen-bond acceptors (Lipinski definition) is 5. The molecule has 0 spiro atoms. The number of carbonyl (C=O) groups excluding carboxylic acids is 1. The van der Waals surface area contributed by atoms with E-state index in [-0.39, 0.29) is 31.0 Å². The van der Waals surface area contributed by atoms with Crippen LogP contribution in [0.5, 0.6) is 5.75 Å². The van der Waals surface area contributed by atoms with Crippen molar-refractivity contribution in [2.45, 2.75) is 13.8 Å². The van der Waals surface area contributed by atoms with Crippen LogP contribution < -0.4 is 4.74 Å². The Hall–Kier alpha value is -1.49. The number of ether oxygens (including phenoxy) is 1. The van der Waals surface area contributed by atoms with E-state index in [2.05, 4.69) is 0 Å². The Bertz CT molecular complexity index is 616. The summed E-state index contributed by atoms with van der Waals surface area (Å²) in [6.07, 6.45) is 0. The van der Waals surface area contributed by atoms with Crippen molar-refractivity contribution in [3.63, 3.8) is 0 Å². The minimum atomic E-state index is -3.51. The monoisotopic (exact) mass is 314 g/mol. The van der Waals surface area contributed by atoms with Crippen LogP contribution in [-0.4, -0.2) is 25.6 Å². The Kier molecular flexibility index (Phi) is 4.93. The summed E-state index contributed by atoms with van der Waals surface area (Å²) < 4.78 is 41.2. The maximum atomic E-state index is 13.2. The molecule has 0 amide bonds. The summed E-state index contributed by atoms with van der Waals surface area (Å²) in [4.78, 5) is 12.3. The molecule has 0 radical (unpaired) electrons. The highest BCUT2D eigenvalue weighted by Crippen LogP contribution is 2.51. The van der Waals surface area contributed by atoms with Gasteiger partial charge >= 0.3 is 7.60 Å². The predicted octanol–water partition coefficient (Wildman–Crippen LogP) is 3.55. The zero-order chi connectivity index (χ0) is 15.5. The van der Waals surface area contributed by atoms with Gasteiger partial charge in [0.05, 0.1) is 18.8 Å². The van der Waals surface area contributed by atoms with Gasteiger partial charge in [0.2, 0.25) is 0 Å². The summed E-state index contributed by atoms with van der Waals surface area (Å²) in [5, 5.41) is 0. The van der Waals surface area contributed by atoms with Crippen LogP contribution in [0.15, 0.2) is 29.6 Å². The number of ketones is 1. The smallest absolute Gasteiger partial charge is 0.354 e. The van der Waals surface area contributed by atoms with Crippen molar-refractivity contribution < 1.29 is 27.5 Å². The normalized spacial score (nSPS) is 16.7. The fraction of sp³-hybridized carbons (Fsp3) is 0.357. The second-order valence-electron chi connectivity index (χ2n) is 4.29. The molecular formula is C14H16FO5P.